The first-order valence-electron chi connectivity index (χ1n) is 7.91. The Hall–Kier alpha value is -2.38. The number of hydrogen-bond donors (Lipinski definition) is 1. The van der Waals surface area contributed by atoms with Gasteiger partial charge in [-0.25, -0.2) is 13.4 Å². The van der Waals surface area contributed by atoms with E-state index in [1.165, 1.54) is 0 Å². The minimum absolute atomic E-state index is 0.0599. The van der Waals surface area contributed by atoms with Crippen molar-refractivity contribution < 1.29 is 13.2 Å². The van der Waals surface area contributed by atoms with Crippen LogP contribution < -0.4 is 5.32 Å². The second-order valence-corrected chi connectivity index (χ2v) is 8.75. The van der Waals surface area contributed by atoms with Crippen LogP contribution in [0.3, 0.4) is 0 Å². The number of rotatable bonds is 5. The van der Waals surface area contributed by atoms with Gasteiger partial charge in [-0.3, -0.25) is 4.79 Å². The summed E-state index contributed by atoms with van der Waals surface area (Å²) in [6.07, 6.45) is 1.14. The zero-order valence-corrected chi connectivity index (χ0v) is 15.9. The van der Waals surface area contributed by atoms with Crippen molar-refractivity contribution in [1.82, 2.24) is 9.55 Å². The summed E-state index contributed by atoms with van der Waals surface area (Å²) in [6.45, 7) is 1.85. The largest absolute Gasteiger partial charge is 0.323 e. The van der Waals surface area contributed by atoms with Gasteiger partial charge >= 0.3 is 0 Å². The molecule has 0 unspecified atom stereocenters. The second kappa shape index (κ2) is 7.09. The third-order valence-electron chi connectivity index (χ3n) is 3.83. The van der Waals surface area contributed by atoms with Crippen LogP contribution >= 0.6 is 11.6 Å². The van der Waals surface area contributed by atoms with E-state index in [1.54, 1.807) is 28.8 Å². The normalized spacial score (nSPS) is 11.7. The highest BCUT2D eigenvalue weighted by Crippen LogP contribution is 2.23. The number of fused-ring (bicyclic) bond motifs is 1. The lowest BCUT2D eigenvalue weighted by atomic mass is 10.2. The summed E-state index contributed by atoms with van der Waals surface area (Å²) in [5.41, 5.74) is 2.85. The zero-order valence-electron chi connectivity index (χ0n) is 14.4. The van der Waals surface area contributed by atoms with Crippen LogP contribution in [0, 0.1) is 6.92 Å². The van der Waals surface area contributed by atoms with E-state index in [0.717, 1.165) is 11.8 Å². The zero-order chi connectivity index (χ0) is 18.9. The molecule has 1 amide bonds. The Kier molecular flexibility index (Phi) is 5.02. The second-order valence-electron chi connectivity index (χ2n) is 6.20. The summed E-state index contributed by atoms with van der Waals surface area (Å²) in [5.74, 6) is -0.215. The number of nitrogens with one attached hydrogen (secondary N) is 1. The van der Waals surface area contributed by atoms with Crippen molar-refractivity contribution in [2.45, 2.75) is 19.2 Å². The molecule has 136 valence electrons. The molecule has 0 radical (unpaired) electrons. The molecule has 0 fully saturated rings. The smallest absolute Gasteiger partial charge is 0.244 e. The number of amides is 1. The summed E-state index contributed by atoms with van der Waals surface area (Å²) >= 11 is 6.16. The predicted octanol–water partition coefficient (Wildman–Crippen LogP) is 3.18. The molecule has 1 N–H and O–H groups in total. The number of aryl methyl sites for hydroxylation is 1. The molecule has 0 spiro atoms. The van der Waals surface area contributed by atoms with Crippen LogP contribution in [0.25, 0.3) is 11.0 Å². The Balaban J connectivity index is 1.91. The highest BCUT2D eigenvalue weighted by atomic mass is 35.5. The molecule has 0 aliphatic heterocycles. The van der Waals surface area contributed by atoms with Gasteiger partial charge in [-0.05, 0) is 36.8 Å². The van der Waals surface area contributed by atoms with Crippen LogP contribution in [0.2, 0.25) is 5.02 Å². The number of aromatic nitrogens is 2. The van der Waals surface area contributed by atoms with Crippen molar-refractivity contribution in [2.24, 2.45) is 0 Å². The maximum atomic E-state index is 12.5. The number of para-hydroxylation sites is 2. The summed E-state index contributed by atoms with van der Waals surface area (Å²) < 4.78 is 25.0. The number of carbonyl (C=O) groups is 1. The van der Waals surface area contributed by atoms with Gasteiger partial charge in [0.2, 0.25) is 5.91 Å². The van der Waals surface area contributed by atoms with Gasteiger partial charge in [0.25, 0.3) is 0 Å². The lowest BCUT2D eigenvalue weighted by molar-refractivity contribution is -0.116. The van der Waals surface area contributed by atoms with Crippen molar-refractivity contribution >= 4 is 44.1 Å². The van der Waals surface area contributed by atoms with E-state index >= 15 is 0 Å². The third kappa shape index (κ3) is 4.23. The van der Waals surface area contributed by atoms with Crippen molar-refractivity contribution in [2.75, 3.05) is 11.6 Å². The van der Waals surface area contributed by atoms with Gasteiger partial charge in [-0.1, -0.05) is 29.8 Å². The molecular formula is C18H18ClN3O3S. The topological polar surface area (TPSA) is 81.1 Å². The van der Waals surface area contributed by atoms with Crippen LogP contribution in [0.4, 0.5) is 5.69 Å². The van der Waals surface area contributed by atoms with Gasteiger partial charge in [-0.15, -0.1) is 0 Å². The van der Waals surface area contributed by atoms with Gasteiger partial charge in [0.15, 0.2) is 9.84 Å². The number of anilines is 1. The summed E-state index contributed by atoms with van der Waals surface area (Å²) in [4.78, 5) is 16.9. The summed E-state index contributed by atoms with van der Waals surface area (Å²) in [5, 5.41) is 3.21. The van der Waals surface area contributed by atoms with E-state index in [-0.39, 0.29) is 18.2 Å². The minimum atomic E-state index is -3.29. The molecule has 0 bridgehead atoms. The predicted molar refractivity (Wildman–Crippen MR) is 103 cm³/mol. The fraction of sp³-hybridized carbons (Fsp3) is 0.222. The molecule has 0 saturated carbocycles. The molecular weight excluding hydrogens is 374 g/mol. The van der Waals surface area contributed by atoms with E-state index in [9.17, 15) is 13.2 Å². The first-order chi connectivity index (χ1) is 12.2. The summed E-state index contributed by atoms with van der Waals surface area (Å²) in [7, 11) is -3.29. The molecule has 2 aromatic carbocycles. The van der Waals surface area contributed by atoms with Gasteiger partial charge in [0, 0.05) is 6.26 Å². The number of carbonyl (C=O) groups excluding carboxylic acids is 1. The third-order valence-corrected chi connectivity index (χ3v) is 4.92. The van der Waals surface area contributed by atoms with Crippen molar-refractivity contribution in [3.63, 3.8) is 0 Å². The molecule has 26 heavy (non-hydrogen) atoms. The maximum Gasteiger partial charge on any atom is 0.244 e. The minimum Gasteiger partial charge on any atom is -0.323 e. The van der Waals surface area contributed by atoms with Crippen molar-refractivity contribution in [1.29, 1.82) is 0 Å². The molecule has 0 aliphatic carbocycles. The molecule has 0 aliphatic rings. The summed E-state index contributed by atoms with van der Waals surface area (Å²) in [6, 6.07) is 12.6. The Morgan fingerprint density at radius 3 is 2.65 bits per heavy atom. The highest BCUT2D eigenvalue weighted by Gasteiger charge is 2.17. The molecule has 3 aromatic rings. The highest BCUT2D eigenvalue weighted by molar-refractivity contribution is 7.89. The van der Waals surface area contributed by atoms with Crippen LogP contribution in [-0.2, 0) is 26.9 Å². The molecule has 0 saturated heterocycles. The number of hydrogen-bond acceptors (Lipinski definition) is 4. The molecule has 8 heteroatoms. The average molecular weight is 392 g/mol. The van der Waals surface area contributed by atoms with Gasteiger partial charge in [0.1, 0.15) is 18.1 Å². The van der Waals surface area contributed by atoms with E-state index in [4.69, 9.17) is 11.6 Å². The monoisotopic (exact) mass is 391 g/mol. The first-order valence-corrected chi connectivity index (χ1v) is 10.3. The van der Waals surface area contributed by atoms with Crippen molar-refractivity contribution in [3.05, 3.63) is 58.9 Å². The van der Waals surface area contributed by atoms with Gasteiger partial charge in [0.05, 0.1) is 21.7 Å². The van der Waals surface area contributed by atoms with Crippen molar-refractivity contribution in [3.8, 4) is 0 Å². The maximum absolute atomic E-state index is 12.5. The molecule has 1 aromatic heterocycles. The number of sulfone groups is 1. The lowest BCUT2D eigenvalue weighted by Gasteiger charge is -2.11. The molecule has 0 atom stereocenters. The van der Waals surface area contributed by atoms with E-state index < -0.39 is 9.84 Å². The van der Waals surface area contributed by atoms with E-state index in [1.807, 2.05) is 25.1 Å². The Labute approximate surface area is 156 Å². The Morgan fingerprint density at radius 2 is 1.96 bits per heavy atom. The van der Waals surface area contributed by atoms with Crippen LogP contribution in [-0.4, -0.2) is 30.1 Å². The lowest BCUT2D eigenvalue weighted by Crippen LogP contribution is -2.21. The van der Waals surface area contributed by atoms with Crippen LogP contribution in [0.1, 0.15) is 11.4 Å². The SMILES string of the molecule is Cc1ccc(NC(=O)Cn2c(CS(C)(=O)=O)nc3ccccc32)c(Cl)c1. The number of halogens is 1. The number of nitrogens with zero attached hydrogens (tertiary/aromatic N) is 2. The molecule has 3 rings (SSSR count). The molecule has 6 nitrogen and oxygen atoms in total. The van der Waals surface area contributed by atoms with Crippen LogP contribution in [0.5, 0.6) is 0 Å². The fourth-order valence-electron chi connectivity index (χ4n) is 2.70. The Bertz CT molecular complexity index is 1090. The average Bonchev–Trinajstić information content (AvgIpc) is 2.86. The van der Waals surface area contributed by atoms with Gasteiger partial charge < -0.3 is 9.88 Å². The van der Waals surface area contributed by atoms with E-state index in [2.05, 4.69) is 10.3 Å². The number of imidazole rings is 1. The van der Waals surface area contributed by atoms with Crippen LogP contribution in [0.15, 0.2) is 42.5 Å². The molecule has 1 heterocycles. The van der Waals surface area contributed by atoms with Gasteiger partial charge in [-0.2, -0.15) is 0 Å². The fourth-order valence-corrected chi connectivity index (χ4v) is 3.67. The number of benzene rings is 2. The standard InChI is InChI=1S/C18H18ClN3O3S/c1-12-7-8-14(13(19)9-12)21-18(23)10-22-16-6-4-3-5-15(16)20-17(22)11-26(2,24)25/h3-9H,10-11H2,1-2H3,(H,21,23). The Morgan fingerprint density at radius 1 is 1.23 bits per heavy atom. The first kappa shape index (κ1) is 18.4. The van der Waals surface area contributed by atoms with E-state index in [0.29, 0.717) is 27.6 Å². The quantitative estimate of drug-likeness (QED) is 0.724.